The summed E-state index contributed by atoms with van der Waals surface area (Å²) in [5.74, 6) is 1.02. The number of hydrogen-bond acceptors (Lipinski definition) is 4. The monoisotopic (exact) mass is 404 g/mol. The van der Waals surface area contributed by atoms with Gasteiger partial charge in [-0.05, 0) is 67.4 Å². The molecule has 1 aliphatic rings. The van der Waals surface area contributed by atoms with Crippen molar-refractivity contribution in [2.45, 2.75) is 25.2 Å². The van der Waals surface area contributed by atoms with Crippen molar-refractivity contribution in [3.63, 3.8) is 0 Å². The lowest BCUT2D eigenvalue weighted by atomic mass is 9.91. The molecule has 0 saturated carbocycles. The van der Waals surface area contributed by atoms with Gasteiger partial charge >= 0.3 is 0 Å². The molecule has 1 saturated heterocycles. The summed E-state index contributed by atoms with van der Waals surface area (Å²) in [4.78, 5) is 2.49. The molecule has 0 bridgehead atoms. The van der Waals surface area contributed by atoms with E-state index in [0.29, 0.717) is 11.5 Å². The van der Waals surface area contributed by atoms with Crippen LogP contribution in [0.2, 0.25) is 0 Å². The van der Waals surface area contributed by atoms with Crippen LogP contribution in [0, 0.1) is 5.82 Å². The van der Waals surface area contributed by atoms with Crippen molar-refractivity contribution in [3.05, 3.63) is 72.2 Å². The van der Waals surface area contributed by atoms with Crippen molar-refractivity contribution >= 4 is 21.7 Å². The molecule has 1 aromatic heterocycles. The number of ether oxygens (including phenoxy) is 1. The van der Waals surface area contributed by atoms with E-state index in [9.17, 15) is 4.39 Å². The zero-order valence-corrected chi connectivity index (χ0v) is 16.9. The molecular formula is C25H25FN2O2. The lowest BCUT2D eigenvalue weighted by molar-refractivity contribution is 0.191. The quantitative estimate of drug-likeness (QED) is 0.383. The lowest BCUT2D eigenvalue weighted by Crippen LogP contribution is -2.34. The number of halogens is 1. The fourth-order valence-electron chi connectivity index (χ4n) is 4.39. The third-order valence-electron chi connectivity index (χ3n) is 6.04. The lowest BCUT2D eigenvalue weighted by Gasteiger charge is -2.31. The molecule has 2 heterocycles. The van der Waals surface area contributed by atoms with E-state index in [-0.39, 0.29) is 5.82 Å². The maximum Gasteiger partial charge on any atom is 0.170 e. The maximum atomic E-state index is 13.4. The number of fused-ring (bicyclic) bond motifs is 2. The van der Waals surface area contributed by atoms with E-state index in [1.165, 1.54) is 22.9 Å². The summed E-state index contributed by atoms with van der Waals surface area (Å²) in [5.41, 5.74) is 1.52. The van der Waals surface area contributed by atoms with Gasteiger partial charge in [-0.15, -0.1) is 0 Å². The van der Waals surface area contributed by atoms with E-state index < -0.39 is 0 Å². The van der Waals surface area contributed by atoms with E-state index in [2.05, 4.69) is 46.5 Å². The molecule has 3 aromatic carbocycles. The topological polar surface area (TPSA) is 38.5 Å². The fourth-order valence-corrected chi connectivity index (χ4v) is 4.39. The molecule has 30 heavy (non-hydrogen) atoms. The summed E-state index contributed by atoms with van der Waals surface area (Å²) >= 11 is 0. The van der Waals surface area contributed by atoms with Crippen molar-refractivity contribution in [1.82, 2.24) is 10.1 Å². The van der Waals surface area contributed by atoms with Gasteiger partial charge in [0.15, 0.2) is 5.58 Å². The number of piperidine rings is 1. The summed E-state index contributed by atoms with van der Waals surface area (Å²) in [5, 5.41) is 7.62. The van der Waals surface area contributed by atoms with Gasteiger partial charge in [0.1, 0.15) is 11.6 Å². The first kappa shape index (κ1) is 19.1. The Hall–Kier alpha value is -2.92. The molecule has 0 N–H and O–H groups in total. The van der Waals surface area contributed by atoms with Crippen LogP contribution in [0.4, 0.5) is 4.39 Å². The Balaban J connectivity index is 1.09. The van der Waals surface area contributed by atoms with E-state index in [1.807, 2.05) is 6.07 Å². The van der Waals surface area contributed by atoms with Gasteiger partial charge in [-0.25, -0.2) is 4.39 Å². The first-order valence-electron chi connectivity index (χ1n) is 10.6. The molecule has 5 heteroatoms. The Bertz CT molecular complexity index is 1150. The highest BCUT2D eigenvalue weighted by Crippen LogP contribution is 2.32. The van der Waals surface area contributed by atoms with E-state index in [1.54, 1.807) is 6.07 Å². The molecule has 0 atom stereocenters. The van der Waals surface area contributed by atoms with Crippen molar-refractivity contribution in [2.24, 2.45) is 0 Å². The average Bonchev–Trinajstić information content (AvgIpc) is 3.20. The van der Waals surface area contributed by atoms with Gasteiger partial charge in [-0.2, -0.15) is 0 Å². The van der Waals surface area contributed by atoms with Crippen LogP contribution in [-0.2, 0) is 0 Å². The predicted molar refractivity (Wildman–Crippen MR) is 116 cm³/mol. The third-order valence-corrected chi connectivity index (χ3v) is 6.04. The largest absolute Gasteiger partial charge is 0.494 e. The van der Waals surface area contributed by atoms with Gasteiger partial charge in [-0.3, -0.25) is 0 Å². The molecule has 0 radical (unpaired) electrons. The minimum atomic E-state index is -0.286. The van der Waals surface area contributed by atoms with Gasteiger partial charge in [-0.1, -0.05) is 35.5 Å². The standard InChI is InChI=1S/C25H25FN2O2/c26-21-7-9-23-24(17-21)30-27-25(23)19-10-13-28(14-11-19)12-3-15-29-22-8-6-18-4-1-2-5-20(18)16-22/h1-2,4-9,16-17,19H,3,10-15H2. The molecule has 1 aliphatic heterocycles. The Morgan fingerprint density at radius 1 is 1.00 bits per heavy atom. The van der Waals surface area contributed by atoms with Crippen molar-refractivity contribution in [1.29, 1.82) is 0 Å². The van der Waals surface area contributed by atoms with Crippen LogP contribution in [-0.4, -0.2) is 36.3 Å². The minimum absolute atomic E-state index is 0.286. The number of nitrogens with zero attached hydrogens (tertiary/aromatic N) is 2. The fraction of sp³-hybridized carbons (Fsp3) is 0.320. The summed E-state index contributed by atoms with van der Waals surface area (Å²) in [6.45, 7) is 3.83. The number of rotatable bonds is 6. The molecule has 5 rings (SSSR count). The summed E-state index contributed by atoms with van der Waals surface area (Å²) < 4.78 is 24.7. The number of likely N-dealkylation sites (tertiary alicyclic amines) is 1. The molecule has 0 aliphatic carbocycles. The first-order chi connectivity index (χ1) is 14.8. The zero-order chi connectivity index (χ0) is 20.3. The van der Waals surface area contributed by atoms with E-state index in [4.69, 9.17) is 9.26 Å². The molecule has 1 fully saturated rings. The Morgan fingerprint density at radius 2 is 1.83 bits per heavy atom. The second-order valence-electron chi connectivity index (χ2n) is 8.04. The number of aromatic nitrogens is 1. The van der Waals surface area contributed by atoms with Gasteiger partial charge in [0.25, 0.3) is 0 Å². The second kappa shape index (κ2) is 8.44. The molecule has 4 nitrogen and oxygen atoms in total. The van der Waals surface area contributed by atoms with Crippen LogP contribution in [0.15, 0.2) is 65.2 Å². The second-order valence-corrected chi connectivity index (χ2v) is 8.04. The normalized spacial score (nSPS) is 15.8. The van der Waals surface area contributed by atoms with Crippen LogP contribution < -0.4 is 4.74 Å². The van der Waals surface area contributed by atoms with Crippen LogP contribution >= 0.6 is 0 Å². The van der Waals surface area contributed by atoms with Crippen molar-refractivity contribution in [3.8, 4) is 5.75 Å². The van der Waals surface area contributed by atoms with E-state index in [0.717, 1.165) is 62.3 Å². The molecule has 0 spiro atoms. The maximum absolute atomic E-state index is 13.4. The highest BCUT2D eigenvalue weighted by atomic mass is 19.1. The molecule has 4 aromatic rings. The van der Waals surface area contributed by atoms with Gasteiger partial charge in [0, 0.05) is 23.9 Å². The molecule has 0 amide bonds. The van der Waals surface area contributed by atoms with E-state index >= 15 is 0 Å². The summed E-state index contributed by atoms with van der Waals surface area (Å²) in [7, 11) is 0. The van der Waals surface area contributed by atoms with Gasteiger partial charge in [0.2, 0.25) is 0 Å². The van der Waals surface area contributed by atoms with Crippen molar-refractivity contribution in [2.75, 3.05) is 26.2 Å². The molecule has 154 valence electrons. The molecule has 0 unspecified atom stereocenters. The number of benzene rings is 3. The SMILES string of the molecule is Fc1ccc2c(C3CCN(CCCOc4ccc5ccccc5c4)CC3)noc2c1. The summed E-state index contributed by atoms with van der Waals surface area (Å²) in [6, 6.07) is 19.3. The smallest absolute Gasteiger partial charge is 0.170 e. The number of hydrogen-bond donors (Lipinski definition) is 0. The Morgan fingerprint density at radius 3 is 2.70 bits per heavy atom. The van der Waals surface area contributed by atoms with Crippen LogP contribution in [0.5, 0.6) is 5.75 Å². The van der Waals surface area contributed by atoms with Gasteiger partial charge in [0.05, 0.1) is 12.3 Å². The Kier molecular flexibility index (Phi) is 5.37. The first-order valence-corrected chi connectivity index (χ1v) is 10.6. The highest BCUT2D eigenvalue weighted by Gasteiger charge is 2.24. The van der Waals surface area contributed by atoms with Crippen LogP contribution in [0.25, 0.3) is 21.7 Å². The Labute approximate surface area is 175 Å². The minimum Gasteiger partial charge on any atom is -0.494 e. The molecular weight excluding hydrogens is 379 g/mol. The predicted octanol–water partition coefficient (Wildman–Crippen LogP) is 5.77. The van der Waals surface area contributed by atoms with Crippen molar-refractivity contribution < 1.29 is 13.7 Å². The average molecular weight is 404 g/mol. The van der Waals surface area contributed by atoms with Gasteiger partial charge < -0.3 is 14.2 Å². The van der Waals surface area contributed by atoms with Crippen LogP contribution in [0.1, 0.15) is 30.9 Å². The van der Waals surface area contributed by atoms with Crippen LogP contribution in [0.3, 0.4) is 0 Å². The highest BCUT2D eigenvalue weighted by molar-refractivity contribution is 5.83. The third kappa shape index (κ3) is 4.03. The summed E-state index contributed by atoms with van der Waals surface area (Å²) in [6.07, 6.45) is 3.10. The zero-order valence-electron chi connectivity index (χ0n) is 16.9.